The van der Waals surface area contributed by atoms with Gasteiger partial charge in [0.2, 0.25) is 0 Å². The minimum atomic E-state index is 0.262. The van der Waals surface area contributed by atoms with Crippen molar-refractivity contribution in [3.63, 3.8) is 0 Å². The molecule has 148 valence electrons. The van der Waals surface area contributed by atoms with E-state index in [9.17, 15) is 0 Å². The van der Waals surface area contributed by atoms with E-state index >= 15 is 0 Å². The van der Waals surface area contributed by atoms with Crippen LogP contribution in [0.25, 0.3) is 0 Å². The van der Waals surface area contributed by atoms with Gasteiger partial charge in [0.1, 0.15) is 0 Å². The Bertz CT molecular complexity index is 631. The summed E-state index contributed by atoms with van der Waals surface area (Å²) in [6.07, 6.45) is 8.07. The Labute approximate surface area is 163 Å². The molecule has 1 fully saturated rings. The van der Waals surface area contributed by atoms with Crippen LogP contribution in [0.3, 0.4) is 0 Å². The highest BCUT2D eigenvalue weighted by Crippen LogP contribution is 2.76. The molecule has 0 aliphatic heterocycles. The first kappa shape index (κ1) is 20.2. The molecule has 3 aliphatic carbocycles. The smallest absolute Gasteiger partial charge is 0.00351 e. The van der Waals surface area contributed by atoms with Crippen molar-refractivity contribution < 1.29 is 0 Å². The molecular weight excluding hydrogens is 312 g/mol. The Hall–Kier alpha value is -0.520. The van der Waals surface area contributed by atoms with Crippen LogP contribution in [0.4, 0.5) is 0 Å². The largest absolute Gasteiger partial charge is 0.0842 e. The molecule has 3 aliphatic rings. The van der Waals surface area contributed by atoms with Gasteiger partial charge in [0.15, 0.2) is 0 Å². The minimum absolute atomic E-state index is 0.262. The summed E-state index contributed by atoms with van der Waals surface area (Å²) in [6.45, 7) is 29.7. The van der Waals surface area contributed by atoms with Crippen LogP contribution in [0, 0.1) is 56.7 Å². The predicted octanol–water partition coefficient (Wildman–Crippen LogP) is 7.76. The highest BCUT2D eigenvalue weighted by atomic mass is 14.7. The second kappa shape index (κ2) is 5.30. The van der Waals surface area contributed by atoms with Crippen LogP contribution in [0.1, 0.15) is 83.1 Å². The van der Waals surface area contributed by atoms with Gasteiger partial charge in [-0.15, -0.1) is 0 Å². The van der Waals surface area contributed by atoms with Gasteiger partial charge in [0.25, 0.3) is 0 Å². The van der Waals surface area contributed by atoms with E-state index in [0.29, 0.717) is 22.7 Å². The molecule has 0 N–H and O–H groups in total. The van der Waals surface area contributed by atoms with Gasteiger partial charge >= 0.3 is 0 Å². The molecule has 0 heteroatoms. The van der Waals surface area contributed by atoms with Crippen LogP contribution < -0.4 is 0 Å². The summed E-state index contributed by atoms with van der Waals surface area (Å²) >= 11 is 0. The number of allylic oxidation sites excluding steroid dienone is 4. The fraction of sp³-hybridized carbons (Fsp3) is 0.846. The van der Waals surface area contributed by atoms with E-state index in [1.165, 1.54) is 0 Å². The molecule has 0 spiro atoms. The molecule has 2 bridgehead atoms. The third kappa shape index (κ3) is 2.53. The number of hydrogen-bond donors (Lipinski definition) is 0. The molecule has 0 heterocycles. The van der Waals surface area contributed by atoms with Gasteiger partial charge in [-0.25, -0.2) is 0 Å². The maximum Gasteiger partial charge on any atom is 0.00351 e. The third-order valence-corrected chi connectivity index (χ3v) is 8.01. The van der Waals surface area contributed by atoms with Gasteiger partial charge in [-0.3, -0.25) is 0 Å². The molecular formula is C26H44. The van der Waals surface area contributed by atoms with Crippen LogP contribution in [0.5, 0.6) is 0 Å². The molecule has 3 rings (SSSR count). The first-order valence-corrected chi connectivity index (χ1v) is 10.9. The standard InChI is InChI=1S/C26H44/c1-22(2,3)18-15-17-19(20(18)23(4,5)6)16-13-14-26(17,25(10,11)12)21(16)24(7,8)9/h13-17,19-21H,1-12H3/t16-,17-,19-,20+,21?,26-/m0/s1. The lowest BCUT2D eigenvalue weighted by Gasteiger charge is -2.50. The lowest BCUT2D eigenvalue weighted by Crippen LogP contribution is -2.45. The summed E-state index contributed by atoms with van der Waals surface area (Å²) in [5.41, 5.74) is 3.22. The van der Waals surface area contributed by atoms with Gasteiger partial charge in [-0.1, -0.05) is 107 Å². The van der Waals surface area contributed by atoms with E-state index in [2.05, 4.69) is 101 Å². The average Bonchev–Trinajstić information content (AvgIpc) is 3.01. The second-order valence-electron chi connectivity index (χ2n) is 13.8. The zero-order valence-corrected chi connectivity index (χ0v) is 19.6. The van der Waals surface area contributed by atoms with Crippen LogP contribution in [0.15, 0.2) is 23.8 Å². The highest BCUT2D eigenvalue weighted by Gasteiger charge is 2.71. The van der Waals surface area contributed by atoms with E-state index in [0.717, 1.165) is 17.8 Å². The Morgan fingerprint density at radius 2 is 1.31 bits per heavy atom. The zero-order chi connectivity index (χ0) is 20.1. The van der Waals surface area contributed by atoms with Gasteiger partial charge in [0.05, 0.1) is 0 Å². The van der Waals surface area contributed by atoms with Gasteiger partial charge < -0.3 is 0 Å². The fourth-order valence-corrected chi connectivity index (χ4v) is 7.48. The third-order valence-electron chi connectivity index (χ3n) is 8.01. The SMILES string of the molecule is CC(C)(C)C1=C[C@H]2[C@H]([C@@H]3C=C[C@@]2(C(C)(C)C)C3C(C)(C)C)[C@@H]1C(C)(C)C. The molecule has 1 unspecified atom stereocenters. The Morgan fingerprint density at radius 1 is 0.769 bits per heavy atom. The quantitative estimate of drug-likeness (QED) is 0.389. The molecule has 1 saturated carbocycles. The fourth-order valence-electron chi connectivity index (χ4n) is 7.48. The van der Waals surface area contributed by atoms with Crippen molar-refractivity contribution in [3.05, 3.63) is 23.8 Å². The highest BCUT2D eigenvalue weighted by molar-refractivity contribution is 5.40. The Morgan fingerprint density at radius 3 is 1.69 bits per heavy atom. The van der Waals surface area contributed by atoms with Crippen LogP contribution in [-0.4, -0.2) is 0 Å². The summed E-state index contributed by atoms with van der Waals surface area (Å²) in [6, 6.07) is 0. The van der Waals surface area contributed by atoms with Crippen LogP contribution in [0.2, 0.25) is 0 Å². The summed E-state index contributed by atoms with van der Waals surface area (Å²) in [5.74, 6) is 3.63. The van der Waals surface area contributed by atoms with E-state index in [4.69, 9.17) is 0 Å². The summed E-state index contributed by atoms with van der Waals surface area (Å²) in [5, 5.41) is 0. The van der Waals surface area contributed by atoms with E-state index < -0.39 is 0 Å². The normalized spacial score (nSPS) is 40.2. The van der Waals surface area contributed by atoms with Gasteiger partial charge in [-0.05, 0) is 51.2 Å². The molecule has 26 heavy (non-hydrogen) atoms. The van der Waals surface area contributed by atoms with Crippen molar-refractivity contribution in [1.29, 1.82) is 0 Å². The molecule has 0 aromatic carbocycles. The van der Waals surface area contributed by atoms with Crippen molar-refractivity contribution in [3.8, 4) is 0 Å². The average molecular weight is 357 g/mol. The van der Waals surface area contributed by atoms with E-state index in [1.54, 1.807) is 5.57 Å². The Kier molecular flexibility index (Phi) is 4.12. The molecule has 0 saturated heterocycles. The van der Waals surface area contributed by atoms with Crippen LogP contribution >= 0.6 is 0 Å². The maximum atomic E-state index is 2.77. The summed E-state index contributed by atoms with van der Waals surface area (Å²) < 4.78 is 0. The van der Waals surface area contributed by atoms with E-state index in [1.807, 2.05) is 0 Å². The molecule has 0 nitrogen and oxygen atoms in total. The lowest BCUT2D eigenvalue weighted by atomic mass is 9.53. The van der Waals surface area contributed by atoms with Crippen molar-refractivity contribution in [1.82, 2.24) is 0 Å². The number of rotatable bonds is 0. The first-order valence-electron chi connectivity index (χ1n) is 10.9. The molecule has 0 amide bonds. The van der Waals surface area contributed by atoms with Crippen molar-refractivity contribution in [2.24, 2.45) is 56.7 Å². The predicted molar refractivity (Wildman–Crippen MR) is 115 cm³/mol. The minimum Gasteiger partial charge on any atom is -0.0842 e. The lowest BCUT2D eigenvalue weighted by molar-refractivity contribution is 0.00857. The molecule has 0 aromatic rings. The van der Waals surface area contributed by atoms with Crippen molar-refractivity contribution in [2.75, 3.05) is 0 Å². The van der Waals surface area contributed by atoms with Crippen molar-refractivity contribution in [2.45, 2.75) is 83.1 Å². The summed E-state index contributed by atoms with van der Waals surface area (Å²) in [4.78, 5) is 0. The zero-order valence-electron chi connectivity index (χ0n) is 19.6. The van der Waals surface area contributed by atoms with Gasteiger partial charge in [0, 0.05) is 5.41 Å². The van der Waals surface area contributed by atoms with Crippen LogP contribution in [-0.2, 0) is 0 Å². The Balaban J connectivity index is 2.25. The first-order chi connectivity index (χ1) is 11.4. The van der Waals surface area contributed by atoms with E-state index in [-0.39, 0.29) is 16.2 Å². The molecule has 0 radical (unpaired) electrons. The topological polar surface area (TPSA) is 0 Å². The van der Waals surface area contributed by atoms with Crippen molar-refractivity contribution >= 4 is 0 Å². The monoisotopic (exact) mass is 356 g/mol. The maximum absolute atomic E-state index is 2.77. The second-order valence-corrected chi connectivity index (χ2v) is 13.8. The summed E-state index contributed by atoms with van der Waals surface area (Å²) in [7, 11) is 0. The number of fused-ring (bicyclic) bond motifs is 5. The van der Waals surface area contributed by atoms with Gasteiger partial charge in [-0.2, -0.15) is 0 Å². The number of hydrogen-bond acceptors (Lipinski definition) is 0. The molecule has 0 aromatic heterocycles. The molecule has 6 atom stereocenters.